The molecule has 0 aliphatic carbocycles. The SMILES string of the molecule is CC(C)CNCc1sc(-c2cccnc2)nc1C(C)(C)C. The largest absolute Gasteiger partial charge is 0.312 e. The van der Waals surface area contributed by atoms with Crippen molar-refractivity contribution in [2.75, 3.05) is 6.54 Å². The van der Waals surface area contributed by atoms with Gasteiger partial charge in [-0.15, -0.1) is 11.3 Å². The van der Waals surface area contributed by atoms with Gasteiger partial charge in [0.05, 0.1) is 5.69 Å². The van der Waals surface area contributed by atoms with Crippen LogP contribution in [0.3, 0.4) is 0 Å². The van der Waals surface area contributed by atoms with E-state index in [1.165, 1.54) is 10.6 Å². The minimum atomic E-state index is 0.0613. The van der Waals surface area contributed by atoms with Gasteiger partial charge in [0.2, 0.25) is 0 Å². The number of nitrogens with one attached hydrogen (secondary N) is 1. The molecule has 0 aliphatic heterocycles. The van der Waals surface area contributed by atoms with Gasteiger partial charge in [-0.3, -0.25) is 4.98 Å². The second-order valence-electron chi connectivity index (χ2n) is 6.81. The molecule has 0 atom stereocenters. The van der Waals surface area contributed by atoms with Gasteiger partial charge in [-0.25, -0.2) is 4.98 Å². The number of hydrogen-bond donors (Lipinski definition) is 1. The Morgan fingerprint density at radius 1 is 1.29 bits per heavy atom. The van der Waals surface area contributed by atoms with Crippen LogP contribution in [0.5, 0.6) is 0 Å². The molecule has 2 aromatic rings. The van der Waals surface area contributed by atoms with Gasteiger partial charge in [-0.2, -0.15) is 0 Å². The van der Waals surface area contributed by atoms with E-state index in [1.807, 2.05) is 12.3 Å². The molecule has 0 saturated carbocycles. The molecule has 21 heavy (non-hydrogen) atoms. The van der Waals surface area contributed by atoms with E-state index in [2.05, 4.69) is 51.0 Å². The summed E-state index contributed by atoms with van der Waals surface area (Å²) in [4.78, 5) is 10.4. The topological polar surface area (TPSA) is 37.8 Å². The Kier molecular flexibility index (Phi) is 5.12. The fourth-order valence-electron chi connectivity index (χ4n) is 2.14. The Bertz CT molecular complexity index is 567. The van der Waals surface area contributed by atoms with Crippen LogP contribution in [0.1, 0.15) is 45.2 Å². The normalized spacial score (nSPS) is 12.1. The third-order valence-corrected chi connectivity index (χ3v) is 4.26. The number of pyridine rings is 1. The molecule has 114 valence electrons. The van der Waals surface area contributed by atoms with Crippen LogP contribution in [0.4, 0.5) is 0 Å². The predicted octanol–water partition coefficient (Wildman–Crippen LogP) is 4.25. The molecule has 0 unspecified atom stereocenters. The zero-order valence-electron chi connectivity index (χ0n) is 13.6. The fourth-order valence-corrected chi connectivity index (χ4v) is 3.38. The van der Waals surface area contributed by atoms with Crippen molar-refractivity contribution >= 4 is 11.3 Å². The molecule has 4 heteroatoms. The van der Waals surface area contributed by atoms with Crippen molar-refractivity contribution < 1.29 is 0 Å². The number of aromatic nitrogens is 2. The molecule has 0 radical (unpaired) electrons. The maximum Gasteiger partial charge on any atom is 0.125 e. The highest BCUT2D eigenvalue weighted by Crippen LogP contribution is 2.34. The van der Waals surface area contributed by atoms with E-state index >= 15 is 0 Å². The van der Waals surface area contributed by atoms with Crippen LogP contribution >= 0.6 is 11.3 Å². The van der Waals surface area contributed by atoms with E-state index in [4.69, 9.17) is 4.98 Å². The van der Waals surface area contributed by atoms with Crippen LogP contribution < -0.4 is 5.32 Å². The van der Waals surface area contributed by atoms with E-state index in [0.717, 1.165) is 23.7 Å². The van der Waals surface area contributed by atoms with Crippen molar-refractivity contribution in [1.29, 1.82) is 0 Å². The van der Waals surface area contributed by atoms with Crippen LogP contribution in [0.25, 0.3) is 10.6 Å². The van der Waals surface area contributed by atoms with E-state index in [-0.39, 0.29) is 5.41 Å². The second-order valence-corrected chi connectivity index (χ2v) is 7.89. The molecule has 1 N–H and O–H groups in total. The van der Waals surface area contributed by atoms with Gasteiger partial charge in [0.15, 0.2) is 0 Å². The molecule has 3 nitrogen and oxygen atoms in total. The maximum absolute atomic E-state index is 4.89. The fraction of sp³-hybridized carbons (Fsp3) is 0.529. The number of thiazole rings is 1. The van der Waals surface area contributed by atoms with Crippen molar-refractivity contribution in [2.24, 2.45) is 5.92 Å². The van der Waals surface area contributed by atoms with Crippen molar-refractivity contribution in [3.63, 3.8) is 0 Å². The Morgan fingerprint density at radius 2 is 2.05 bits per heavy atom. The third-order valence-electron chi connectivity index (χ3n) is 3.15. The lowest BCUT2D eigenvalue weighted by Gasteiger charge is -2.18. The quantitative estimate of drug-likeness (QED) is 0.897. The van der Waals surface area contributed by atoms with Crippen LogP contribution in [-0.2, 0) is 12.0 Å². The average Bonchev–Trinajstić information content (AvgIpc) is 2.83. The number of hydrogen-bond acceptors (Lipinski definition) is 4. The monoisotopic (exact) mass is 303 g/mol. The second kappa shape index (κ2) is 6.67. The van der Waals surface area contributed by atoms with Gasteiger partial charge in [0.25, 0.3) is 0 Å². The summed E-state index contributed by atoms with van der Waals surface area (Å²) < 4.78 is 0. The number of nitrogens with zero attached hydrogens (tertiary/aromatic N) is 2. The maximum atomic E-state index is 4.89. The van der Waals surface area contributed by atoms with E-state index in [9.17, 15) is 0 Å². The summed E-state index contributed by atoms with van der Waals surface area (Å²) in [5, 5.41) is 4.60. The van der Waals surface area contributed by atoms with Gasteiger partial charge in [0, 0.05) is 34.8 Å². The first-order chi connectivity index (χ1) is 9.88. The zero-order chi connectivity index (χ0) is 15.5. The Morgan fingerprint density at radius 3 is 2.62 bits per heavy atom. The summed E-state index contributed by atoms with van der Waals surface area (Å²) in [7, 11) is 0. The lowest BCUT2D eigenvalue weighted by molar-refractivity contribution is 0.535. The van der Waals surface area contributed by atoms with Crippen LogP contribution in [0.15, 0.2) is 24.5 Å². The molecular formula is C17H25N3S. The lowest BCUT2D eigenvalue weighted by Crippen LogP contribution is -2.21. The Balaban J connectivity index is 2.28. The molecule has 0 bridgehead atoms. The standard InChI is InChI=1S/C17H25N3S/c1-12(2)9-19-11-14-15(17(3,4)5)20-16(21-14)13-7-6-8-18-10-13/h6-8,10,12,19H,9,11H2,1-5H3. The first-order valence-electron chi connectivity index (χ1n) is 7.49. The van der Waals surface area contributed by atoms with Crippen LogP contribution in [0.2, 0.25) is 0 Å². The third kappa shape index (κ3) is 4.35. The highest BCUT2D eigenvalue weighted by Gasteiger charge is 2.23. The minimum absolute atomic E-state index is 0.0613. The molecule has 0 fully saturated rings. The van der Waals surface area contributed by atoms with Gasteiger partial charge >= 0.3 is 0 Å². The lowest BCUT2D eigenvalue weighted by atomic mass is 9.91. The summed E-state index contributed by atoms with van der Waals surface area (Å²) in [5.74, 6) is 0.661. The van der Waals surface area contributed by atoms with Crippen molar-refractivity contribution in [2.45, 2.75) is 46.6 Å². The summed E-state index contributed by atoms with van der Waals surface area (Å²) in [6.45, 7) is 13.0. The van der Waals surface area contributed by atoms with Gasteiger partial charge in [-0.1, -0.05) is 34.6 Å². The van der Waals surface area contributed by atoms with Gasteiger partial charge in [0.1, 0.15) is 5.01 Å². The minimum Gasteiger partial charge on any atom is -0.312 e. The highest BCUT2D eigenvalue weighted by atomic mass is 32.1. The molecule has 2 rings (SSSR count). The Labute approximate surface area is 131 Å². The molecule has 0 aromatic carbocycles. The van der Waals surface area contributed by atoms with E-state index < -0.39 is 0 Å². The summed E-state index contributed by atoms with van der Waals surface area (Å²) in [6, 6.07) is 4.04. The smallest absolute Gasteiger partial charge is 0.125 e. The van der Waals surface area contributed by atoms with Crippen molar-refractivity contribution in [1.82, 2.24) is 15.3 Å². The number of rotatable bonds is 5. The van der Waals surface area contributed by atoms with Crippen molar-refractivity contribution in [3.8, 4) is 10.6 Å². The average molecular weight is 303 g/mol. The highest BCUT2D eigenvalue weighted by molar-refractivity contribution is 7.15. The van der Waals surface area contributed by atoms with Crippen LogP contribution in [0, 0.1) is 5.92 Å². The van der Waals surface area contributed by atoms with E-state index in [1.54, 1.807) is 17.5 Å². The summed E-state index contributed by atoms with van der Waals surface area (Å²) >= 11 is 1.78. The molecule has 0 spiro atoms. The van der Waals surface area contributed by atoms with Crippen LogP contribution in [-0.4, -0.2) is 16.5 Å². The first-order valence-corrected chi connectivity index (χ1v) is 8.31. The molecule has 2 aromatic heterocycles. The van der Waals surface area contributed by atoms with Gasteiger partial charge < -0.3 is 5.32 Å². The predicted molar refractivity (Wildman–Crippen MR) is 90.6 cm³/mol. The van der Waals surface area contributed by atoms with Crippen molar-refractivity contribution in [3.05, 3.63) is 35.1 Å². The summed E-state index contributed by atoms with van der Waals surface area (Å²) in [6.07, 6.45) is 3.68. The first kappa shape index (κ1) is 16.1. The molecule has 0 amide bonds. The molecular weight excluding hydrogens is 278 g/mol. The zero-order valence-corrected chi connectivity index (χ0v) is 14.4. The molecule has 0 saturated heterocycles. The van der Waals surface area contributed by atoms with E-state index in [0.29, 0.717) is 5.92 Å². The summed E-state index contributed by atoms with van der Waals surface area (Å²) in [5.41, 5.74) is 2.36. The molecule has 0 aliphatic rings. The van der Waals surface area contributed by atoms with Gasteiger partial charge in [-0.05, 0) is 24.6 Å². The Hall–Kier alpha value is -1.26. The molecule has 2 heterocycles.